The molecule has 2 amide bonds. The summed E-state index contributed by atoms with van der Waals surface area (Å²) in [5.41, 5.74) is 5.04. The van der Waals surface area contributed by atoms with E-state index in [-0.39, 0.29) is 24.9 Å². The zero-order chi connectivity index (χ0) is 22.9. The maximum Gasteiger partial charge on any atom is 0.238 e. The Morgan fingerprint density at radius 1 is 0.719 bits per heavy atom. The highest BCUT2D eigenvalue weighted by Crippen LogP contribution is 2.19. The smallest absolute Gasteiger partial charge is 0.238 e. The molecule has 0 radical (unpaired) electrons. The Labute approximate surface area is 190 Å². The van der Waals surface area contributed by atoms with Crippen molar-refractivity contribution in [3.05, 3.63) is 101 Å². The van der Waals surface area contributed by atoms with E-state index in [9.17, 15) is 9.59 Å². The second-order valence-electron chi connectivity index (χ2n) is 8.21. The van der Waals surface area contributed by atoms with Crippen LogP contribution in [0.2, 0.25) is 0 Å². The molecule has 3 aromatic carbocycles. The molecule has 0 spiro atoms. The molecule has 5 nitrogen and oxygen atoms in total. The molecular weight excluding hydrogens is 398 g/mol. The van der Waals surface area contributed by atoms with Gasteiger partial charge in [-0.2, -0.15) is 0 Å². The molecule has 0 saturated carbocycles. The van der Waals surface area contributed by atoms with Crippen LogP contribution in [-0.2, 0) is 22.7 Å². The number of para-hydroxylation sites is 1. The molecule has 1 N–H and O–H groups in total. The van der Waals surface area contributed by atoms with Crippen molar-refractivity contribution < 1.29 is 9.59 Å². The second-order valence-corrected chi connectivity index (χ2v) is 8.21. The summed E-state index contributed by atoms with van der Waals surface area (Å²) in [5.74, 6) is -0.143. The Morgan fingerprint density at radius 2 is 1.22 bits per heavy atom. The Bertz CT molecular complexity index is 974. The number of carbonyl (C=O) groups is 2. The SMILES string of the molecule is Cc1cccc(C)c1NC(=O)CN(C)CC(=O)N(Cc1ccccc1)Cc1ccccc1. The standard InChI is InChI=1S/C27H31N3O2/c1-21-11-10-12-22(2)27(21)28-25(31)19-29(3)20-26(32)30(17-23-13-6-4-7-14-23)18-24-15-8-5-9-16-24/h4-16H,17-20H2,1-3H3,(H,28,31). The van der Waals surface area contributed by atoms with Crippen molar-refractivity contribution in [2.45, 2.75) is 26.9 Å². The average molecular weight is 430 g/mol. The Morgan fingerprint density at radius 3 is 1.72 bits per heavy atom. The first-order valence-corrected chi connectivity index (χ1v) is 10.8. The van der Waals surface area contributed by atoms with Gasteiger partial charge in [0.2, 0.25) is 11.8 Å². The van der Waals surface area contributed by atoms with Crippen LogP contribution in [0.25, 0.3) is 0 Å². The first kappa shape index (κ1) is 23.2. The molecule has 0 heterocycles. The summed E-state index contributed by atoms with van der Waals surface area (Å²) >= 11 is 0. The van der Waals surface area contributed by atoms with Gasteiger partial charge in [-0.3, -0.25) is 14.5 Å². The largest absolute Gasteiger partial charge is 0.333 e. The number of aryl methyl sites for hydroxylation is 2. The number of carbonyl (C=O) groups excluding carboxylic acids is 2. The van der Waals surface area contributed by atoms with Crippen LogP contribution in [0.5, 0.6) is 0 Å². The molecular formula is C27H31N3O2. The van der Waals surface area contributed by atoms with E-state index < -0.39 is 0 Å². The van der Waals surface area contributed by atoms with E-state index in [0.29, 0.717) is 13.1 Å². The number of nitrogens with one attached hydrogen (secondary N) is 1. The van der Waals surface area contributed by atoms with Gasteiger partial charge in [0.25, 0.3) is 0 Å². The zero-order valence-corrected chi connectivity index (χ0v) is 19.0. The highest BCUT2D eigenvalue weighted by atomic mass is 16.2. The second kappa shape index (κ2) is 11.3. The van der Waals surface area contributed by atoms with Gasteiger partial charge in [0.1, 0.15) is 0 Å². The number of likely N-dealkylation sites (N-methyl/N-ethyl adjacent to an activating group) is 1. The van der Waals surface area contributed by atoms with Crippen LogP contribution in [0.3, 0.4) is 0 Å². The van der Waals surface area contributed by atoms with Crippen molar-refractivity contribution >= 4 is 17.5 Å². The summed E-state index contributed by atoms with van der Waals surface area (Å²) in [6, 6.07) is 25.8. The van der Waals surface area contributed by atoms with E-state index in [2.05, 4.69) is 5.32 Å². The number of anilines is 1. The van der Waals surface area contributed by atoms with Crippen LogP contribution >= 0.6 is 0 Å². The van der Waals surface area contributed by atoms with Crippen LogP contribution in [0.15, 0.2) is 78.9 Å². The Balaban J connectivity index is 1.63. The van der Waals surface area contributed by atoms with Gasteiger partial charge >= 0.3 is 0 Å². The van der Waals surface area contributed by atoms with Gasteiger partial charge in [-0.15, -0.1) is 0 Å². The summed E-state index contributed by atoms with van der Waals surface area (Å²) in [7, 11) is 1.80. The normalized spacial score (nSPS) is 10.8. The number of rotatable bonds is 9. The predicted octanol–water partition coefficient (Wildman–Crippen LogP) is 4.40. The minimum atomic E-state index is -0.129. The number of amides is 2. The van der Waals surface area contributed by atoms with Gasteiger partial charge in [-0.05, 0) is 43.1 Å². The first-order chi connectivity index (χ1) is 15.4. The van der Waals surface area contributed by atoms with E-state index in [1.165, 1.54) is 0 Å². The molecule has 0 aliphatic carbocycles. The maximum absolute atomic E-state index is 13.2. The molecule has 0 fully saturated rings. The number of hydrogen-bond acceptors (Lipinski definition) is 3. The fourth-order valence-electron chi connectivity index (χ4n) is 3.66. The lowest BCUT2D eigenvalue weighted by atomic mass is 10.1. The molecule has 3 aromatic rings. The van der Waals surface area contributed by atoms with Gasteiger partial charge in [0.05, 0.1) is 13.1 Å². The summed E-state index contributed by atoms with van der Waals surface area (Å²) in [6.07, 6.45) is 0. The Kier molecular flexibility index (Phi) is 8.17. The molecule has 0 aliphatic rings. The van der Waals surface area contributed by atoms with Crippen LogP contribution in [0, 0.1) is 13.8 Å². The molecule has 5 heteroatoms. The highest BCUT2D eigenvalue weighted by Gasteiger charge is 2.18. The lowest BCUT2D eigenvalue weighted by Gasteiger charge is -2.26. The molecule has 0 aromatic heterocycles. The third-order valence-corrected chi connectivity index (χ3v) is 5.35. The molecule has 32 heavy (non-hydrogen) atoms. The molecule has 0 aliphatic heterocycles. The van der Waals surface area contributed by atoms with E-state index in [4.69, 9.17) is 0 Å². The summed E-state index contributed by atoms with van der Waals surface area (Å²) in [4.78, 5) is 29.3. The van der Waals surface area contributed by atoms with Gasteiger partial charge in [0, 0.05) is 18.8 Å². The van der Waals surface area contributed by atoms with Crippen molar-refractivity contribution in [1.82, 2.24) is 9.80 Å². The quantitative estimate of drug-likeness (QED) is 0.548. The fraction of sp³-hybridized carbons (Fsp3) is 0.259. The number of nitrogens with zero attached hydrogens (tertiary/aromatic N) is 2. The third kappa shape index (κ3) is 6.79. The topological polar surface area (TPSA) is 52.7 Å². The van der Waals surface area contributed by atoms with Crippen molar-refractivity contribution in [1.29, 1.82) is 0 Å². The predicted molar refractivity (Wildman–Crippen MR) is 129 cm³/mol. The Hall–Kier alpha value is -3.44. The van der Waals surface area contributed by atoms with E-state index in [1.54, 1.807) is 11.9 Å². The molecule has 0 saturated heterocycles. The van der Waals surface area contributed by atoms with Gasteiger partial charge in [0.15, 0.2) is 0 Å². The molecule has 166 valence electrons. The zero-order valence-electron chi connectivity index (χ0n) is 19.0. The summed E-state index contributed by atoms with van der Waals surface area (Å²) < 4.78 is 0. The molecule has 0 atom stereocenters. The van der Waals surface area contributed by atoms with Crippen LogP contribution in [0.1, 0.15) is 22.3 Å². The fourth-order valence-corrected chi connectivity index (χ4v) is 3.66. The molecule has 0 unspecified atom stereocenters. The first-order valence-electron chi connectivity index (χ1n) is 10.8. The number of hydrogen-bond donors (Lipinski definition) is 1. The lowest BCUT2D eigenvalue weighted by Crippen LogP contribution is -2.41. The average Bonchev–Trinajstić information content (AvgIpc) is 2.77. The minimum Gasteiger partial charge on any atom is -0.333 e. The molecule has 0 bridgehead atoms. The van der Waals surface area contributed by atoms with Gasteiger partial charge < -0.3 is 10.2 Å². The molecule has 3 rings (SSSR count). The van der Waals surface area contributed by atoms with Gasteiger partial charge in [-0.25, -0.2) is 0 Å². The van der Waals surface area contributed by atoms with E-state index in [1.807, 2.05) is 97.6 Å². The summed E-state index contributed by atoms with van der Waals surface area (Å²) in [6.45, 7) is 5.31. The lowest BCUT2D eigenvalue weighted by molar-refractivity contribution is -0.133. The van der Waals surface area contributed by atoms with Crippen molar-refractivity contribution in [2.75, 3.05) is 25.5 Å². The van der Waals surface area contributed by atoms with Gasteiger partial charge in [-0.1, -0.05) is 78.9 Å². The van der Waals surface area contributed by atoms with E-state index >= 15 is 0 Å². The van der Waals surface area contributed by atoms with E-state index in [0.717, 1.165) is 27.9 Å². The summed E-state index contributed by atoms with van der Waals surface area (Å²) in [5, 5.41) is 2.99. The van der Waals surface area contributed by atoms with Crippen LogP contribution < -0.4 is 5.32 Å². The van der Waals surface area contributed by atoms with Crippen LogP contribution in [0.4, 0.5) is 5.69 Å². The van der Waals surface area contributed by atoms with Crippen LogP contribution in [-0.4, -0.2) is 41.8 Å². The van der Waals surface area contributed by atoms with Crippen molar-refractivity contribution in [3.8, 4) is 0 Å². The third-order valence-electron chi connectivity index (χ3n) is 5.35. The number of benzene rings is 3. The van der Waals surface area contributed by atoms with Crippen molar-refractivity contribution in [2.24, 2.45) is 0 Å². The maximum atomic E-state index is 13.2. The van der Waals surface area contributed by atoms with Crippen molar-refractivity contribution in [3.63, 3.8) is 0 Å². The monoisotopic (exact) mass is 429 g/mol. The minimum absolute atomic E-state index is 0.0138. The highest BCUT2D eigenvalue weighted by molar-refractivity contribution is 5.94.